The van der Waals surface area contributed by atoms with E-state index >= 15 is 0 Å². The van der Waals surface area contributed by atoms with Gasteiger partial charge in [0.2, 0.25) is 5.91 Å². The molecule has 0 saturated carbocycles. The molecule has 1 amide bonds. The molecule has 0 bridgehead atoms. The van der Waals surface area contributed by atoms with E-state index in [1.165, 1.54) is 0 Å². The summed E-state index contributed by atoms with van der Waals surface area (Å²) in [7, 11) is 3.22. The van der Waals surface area contributed by atoms with Gasteiger partial charge in [0.05, 0.1) is 32.4 Å². The van der Waals surface area contributed by atoms with E-state index in [0.717, 1.165) is 16.8 Å². The average molecular weight is 572 g/mol. The van der Waals surface area contributed by atoms with Gasteiger partial charge in [-0.15, -0.1) is 0 Å². The number of carbonyl (C=O) groups excluding carboxylic acids is 2. The first kappa shape index (κ1) is 29.0. The Bertz CT molecular complexity index is 1490. The Morgan fingerprint density at radius 2 is 1.69 bits per heavy atom. The van der Waals surface area contributed by atoms with Crippen molar-refractivity contribution in [1.29, 1.82) is 0 Å². The van der Waals surface area contributed by atoms with E-state index in [-0.39, 0.29) is 30.1 Å². The number of hydrogen-bond acceptors (Lipinski definition) is 7. The zero-order valence-electron chi connectivity index (χ0n) is 24.3. The lowest BCUT2D eigenvalue weighted by atomic mass is 9.90. The lowest BCUT2D eigenvalue weighted by Crippen LogP contribution is -2.41. The summed E-state index contributed by atoms with van der Waals surface area (Å²) >= 11 is 0. The Morgan fingerprint density at radius 3 is 2.36 bits per heavy atom. The van der Waals surface area contributed by atoms with E-state index in [9.17, 15) is 9.59 Å². The SMILES string of the molecule is CCOC(=O)C1CCN(C(=O)CC(c2cc(OC)cc(OC)c2)c2cnc3c(OCc4ccccc4)cccn23)CC1. The quantitative estimate of drug-likeness (QED) is 0.227. The van der Waals surface area contributed by atoms with Crippen LogP contribution in [-0.2, 0) is 20.9 Å². The summed E-state index contributed by atoms with van der Waals surface area (Å²) in [5, 5.41) is 0. The molecule has 1 unspecified atom stereocenters. The molecule has 0 spiro atoms. The molecule has 3 heterocycles. The number of hydrogen-bond donors (Lipinski definition) is 0. The number of piperidine rings is 1. The standard InChI is InChI=1S/C33H37N3O6/c1-4-41-33(38)24-12-15-35(16-13-24)31(37)20-28(25-17-26(39-2)19-27(18-25)40-3)29-21-34-32-30(11-8-14-36(29)32)42-22-23-9-6-5-7-10-23/h5-11,14,17-19,21,24,28H,4,12-13,15-16,20,22H2,1-3H3. The van der Waals surface area contributed by atoms with Crippen LogP contribution < -0.4 is 14.2 Å². The van der Waals surface area contributed by atoms with Crippen LogP contribution in [0.25, 0.3) is 5.65 Å². The number of carbonyl (C=O) groups is 2. The van der Waals surface area contributed by atoms with Crippen LogP contribution >= 0.6 is 0 Å². The molecule has 1 atom stereocenters. The first-order chi connectivity index (χ1) is 20.5. The highest BCUT2D eigenvalue weighted by Gasteiger charge is 2.31. The van der Waals surface area contributed by atoms with Gasteiger partial charge in [0.25, 0.3) is 0 Å². The van der Waals surface area contributed by atoms with Gasteiger partial charge in [-0.25, -0.2) is 4.98 Å². The van der Waals surface area contributed by atoms with Gasteiger partial charge in [-0.3, -0.25) is 9.59 Å². The number of fused-ring (bicyclic) bond motifs is 1. The molecule has 9 heteroatoms. The number of ether oxygens (including phenoxy) is 4. The third-order valence-electron chi connectivity index (χ3n) is 7.75. The van der Waals surface area contributed by atoms with Gasteiger partial charge < -0.3 is 28.2 Å². The zero-order valence-corrected chi connectivity index (χ0v) is 24.3. The van der Waals surface area contributed by atoms with Crippen molar-refractivity contribution in [3.8, 4) is 17.2 Å². The minimum absolute atomic E-state index is 0.00975. The molecular formula is C33H37N3O6. The molecule has 0 radical (unpaired) electrons. The second kappa shape index (κ2) is 13.4. The molecule has 2 aromatic heterocycles. The maximum atomic E-state index is 13.7. The number of pyridine rings is 1. The minimum Gasteiger partial charge on any atom is -0.497 e. The molecule has 5 rings (SSSR count). The highest BCUT2D eigenvalue weighted by Crippen LogP contribution is 2.36. The number of methoxy groups -OCH3 is 2. The fourth-order valence-corrected chi connectivity index (χ4v) is 5.46. The maximum absolute atomic E-state index is 13.7. The Kier molecular flexibility index (Phi) is 9.26. The fourth-order valence-electron chi connectivity index (χ4n) is 5.46. The van der Waals surface area contributed by atoms with Crippen molar-refractivity contribution in [2.75, 3.05) is 33.9 Å². The van der Waals surface area contributed by atoms with Gasteiger partial charge in [0.1, 0.15) is 18.1 Å². The van der Waals surface area contributed by atoms with Crippen molar-refractivity contribution in [2.45, 2.75) is 38.7 Å². The topological polar surface area (TPSA) is 91.6 Å². The number of amides is 1. The van der Waals surface area contributed by atoms with Crippen molar-refractivity contribution in [1.82, 2.24) is 14.3 Å². The number of esters is 1. The second-order valence-corrected chi connectivity index (χ2v) is 10.3. The molecule has 4 aromatic rings. The normalized spacial score (nSPS) is 14.4. The predicted octanol–water partition coefficient (Wildman–Crippen LogP) is 5.25. The number of rotatable bonds is 11. The van der Waals surface area contributed by atoms with Crippen LogP contribution in [-0.4, -0.2) is 60.1 Å². The number of likely N-dealkylation sites (tertiary alicyclic amines) is 1. The highest BCUT2D eigenvalue weighted by molar-refractivity contribution is 5.79. The Balaban J connectivity index is 1.44. The first-order valence-electron chi connectivity index (χ1n) is 14.3. The molecule has 1 saturated heterocycles. The summed E-state index contributed by atoms with van der Waals surface area (Å²) in [6, 6.07) is 19.5. The molecule has 0 N–H and O–H groups in total. The van der Waals surface area contributed by atoms with Crippen molar-refractivity contribution < 1.29 is 28.5 Å². The molecular weight excluding hydrogens is 534 g/mol. The summed E-state index contributed by atoms with van der Waals surface area (Å²) in [5.41, 5.74) is 3.45. The second-order valence-electron chi connectivity index (χ2n) is 10.3. The van der Waals surface area contributed by atoms with Crippen LogP contribution in [0.2, 0.25) is 0 Å². The summed E-state index contributed by atoms with van der Waals surface area (Å²) in [5.74, 6) is 1.25. The van der Waals surface area contributed by atoms with Crippen molar-refractivity contribution >= 4 is 17.5 Å². The van der Waals surface area contributed by atoms with Gasteiger partial charge in [0.15, 0.2) is 11.4 Å². The third-order valence-corrected chi connectivity index (χ3v) is 7.75. The Labute approximate surface area is 246 Å². The van der Waals surface area contributed by atoms with E-state index in [4.69, 9.17) is 23.9 Å². The van der Waals surface area contributed by atoms with Crippen LogP contribution in [0.5, 0.6) is 17.2 Å². The van der Waals surface area contributed by atoms with Crippen molar-refractivity contribution in [3.05, 3.63) is 89.9 Å². The number of nitrogens with zero attached hydrogens (tertiary/aromatic N) is 3. The summed E-state index contributed by atoms with van der Waals surface area (Å²) in [4.78, 5) is 32.5. The fraction of sp³-hybridized carbons (Fsp3) is 0.364. The molecule has 2 aromatic carbocycles. The zero-order chi connectivity index (χ0) is 29.5. The van der Waals surface area contributed by atoms with Gasteiger partial charge in [-0.2, -0.15) is 0 Å². The molecule has 1 aliphatic rings. The van der Waals surface area contributed by atoms with Crippen LogP contribution in [0.3, 0.4) is 0 Å². The van der Waals surface area contributed by atoms with E-state index in [0.29, 0.717) is 62.0 Å². The van der Waals surface area contributed by atoms with E-state index < -0.39 is 0 Å². The molecule has 0 aliphatic carbocycles. The summed E-state index contributed by atoms with van der Waals surface area (Å²) in [6.45, 7) is 3.62. The number of benzene rings is 2. The van der Waals surface area contributed by atoms with E-state index in [2.05, 4.69) is 0 Å². The number of imidazole rings is 1. The lowest BCUT2D eigenvalue weighted by molar-refractivity contribution is -0.151. The Morgan fingerprint density at radius 1 is 0.976 bits per heavy atom. The smallest absolute Gasteiger partial charge is 0.309 e. The van der Waals surface area contributed by atoms with Gasteiger partial charge in [-0.05, 0) is 55.2 Å². The van der Waals surface area contributed by atoms with Crippen molar-refractivity contribution in [2.24, 2.45) is 5.92 Å². The highest BCUT2D eigenvalue weighted by atomic mass is 16.5. The first-order valence-corrected chi connectivity index (χ1v) is 14.3. The van der Waals surface area contributed by atoms with Crippen LogP contribution in [0.15, 0.2) is 73.1 Å². The molecule has 42 heavy (non-hydrogen) atoms. The van der Waals surface area contributed by atoms with Gasteiger partial charge >= 0.3 is 5.97 Å². The van der Waals surface area contributed by atoms with Gasteiger partial charge in [0, 0.05) is 43.9 Å². The third kappa shape index (κ3) is 6.51. The number of aromatic nitrogens is 2. The molecule has 1 fully saturated rings. The van der Waals surface area contributed by atoms with Crippen LogP contribution in [0, 0.1) is 5.92 Å². The summed E-state index contributed by atoms with van der Waals surface area (Å²) in [6.07, 6.45) is 5.15. The minimum atomic E-state index is -0.344. The van der Waals surface area contributed by atoms with E-state index in [1.54, 1.807) is 14.2 Å². The average Bonchev–Trinajstić information content (AvgIpc) is 3.47. The van der Waals surface area contributed by atoms with Crippen molar-refractivity contribution in [3.63, 3.8) is 0 Å². The monoisotopic (exact) mass is 571 g/mol. The molecule has 9 nitrogen and oxygen atoms in total. The summed E-state index contributed by atoms with van der Waals surface area (Å²) < 4.78 is 24.5. The lowest BCUT2D eigenvalue weighted by Gasteiger charge is -2.32. The van der Waals surface area contributed by atoms with E-state index in [1.807, 2.05) is 89.3 Å². The maximum Gasteiger partial charge on any atom is 0.309 e. The Hall–Kier alpha value is -4.53. The molecule has 220 valence electrons. The van der Waals surface area contributed by atoms with Gasteiger partial charge in [-0.1, -0.05) is 30.3 Å². The van der Waals surface area contributed by atoms with Crippen LogP contribution in [0.1, 0.15) is 48.9 Å². The van der Waals surface area contributed by atoms with Crippen LogP contribution in [0.4, 0.5) is 0 Å². The molecule has 1 aliphatic heterocycles. The predicted molar refractivity (Wildman–Crippen MR) is 158 cm³/mol. The largest absolute Gasteiger partial charge is 0.497 e.